The summed E-state index contributed by atoms with van der Waals surface area (Å²) < 4.78 is 0. The van der Waals surface area contributed by atoms with Crippen molar-refractivity contribution in [2.75, 3.05) is 18.5 Å². The molecular weight excluding hydrogens is 162 g/mol. The van der Waals surface area contributed by atoms with Crippen molar-refractivity contribution in [3.05, 3.63) is 23.4 Å². The molecule has 0 bridgehead atoms. The third-order valence-corrected chi connectivity index (χ3v) is 2.29. The molecule has 0 aromatic carbocycles. The number of anilines is 1. The van der Waals surface area contributed by atoms with Gasteiger partial charge < -0.3 is 10.6 Å². The van der Waals surface area contributed by atoms with E-state index in [0.29, 0.717) is 6.54 Å². The lowest BCUT2D eigenvalue weighted by Gasteiger charge is -2.16. The molecule has 0 aliphatic carbocycles. The van der Waals surface area contributed by atoms with Crippen molar-refractivity contribution in [1.82, 2.24) is 4.98 Å². The fraction of sp³-hybridized carbons (Fsp3) is 0.500. The molecule has 13 heavy (non-hydrogen) atoms. The number of nitrogens with two attached hydrogens (primary N) is 1. The Morgan fingerprint density at radius 1 is 1.54 bits per heavy atom. The fourth-order valence-electron chi connectivity index (χ4n) is 1.15. The van der Waals surface area contributed by atoms with Crippen LogP contribution in [0.5, 0.6) is 0 Å². The fourth-order valence-corrected chi connectivity index (χ4v) is 1.15. The number of hydrogen-bond acceptors (Lipinski definition) is 3. The summed E-state index contributed by atoms with van der Waals surface area (Å²) in [6.45, 7) is 5.70. The summed E-state index contributed by atoms with van der Waals surface area (Å²) in [5.41, 5.74) is 7.89. The SMILES string of the molecule is CCN(C)c1cc(C)c(CN)cn1. The maximum Gasteiger partial charge on any atom is 0.128 e. The Balaban J connectivity index is 2.95. The Hall–Kier alpha value is -1.09. The van der Waals surface area contributed by atoms with Gasteiger partial charge in [0, 0.05) is 26.3 Å². The number of hydrogen-bond donors (Lipinski definition) is 1. The summed E-state index contributed by atoms with van der Waals surface area (Å²) in [4.78, 5) is 6.43. The molecule has 3 nitrogen and oxygen atoms in total. The summed E-state index contributed by atoms with van der Waals surface area (Å²) in [6.07, 6.45) is 1.86. The number of aromatic nitrogens is 1. The monoisotopic (exact) mass is 179 g/mol. The van der Waals surface area contributed by atoms with Crippen molar-refractivity contribution in [1.29, 1.82) is 0 Å². The first kappa shape index (κ1) is 9.99. The third-order valence-electron chi connectivity index (χ3n) is 2.29. The van der Waals surface area contributed by atoms with E-state index in [2.05, 4.69) is 29.8 Å². The minimum absolute atomic E-state index is 0.564. The van der Waals surface area contributed by atoms with Gasteiger partial charge in [-0.3, -0.25) is 0 Å². The van der Waals surface area contributed by atoms with E-state index in [1.54, 1.807) is 0 Å². The van der Waals surface area contributed by atoms with E-state index in [9.17, 15) is 0 Å². The highest BCUT2D eigenvalue weighted by molar-refractivity contribution is 5.42. The van der Waals surface area contributed by atoms with Gasteiger partial charge in [0.1, 0.15) is 5.82 Å². The lowest BCUT2D eigenvalue weighted by Crippen LogP contribution is -2.17. The van der Waals surface area contributed by atoms with Crippen LogP contribution in [0.4, 0.5) is 5.82 Å². The van der Waals surface area contributed by atoms with Crippen LogP contribution in [0.25, 0.3) is 0 Å². The molecule has 1 rings (SSSR count). The Morgan fingerprint density at radius 2 is 2.23 bits per heavy atom. The first-order valence-electron chi connectivity index (χ1n) is 4.55. The predicted octanol–water partition coefficient (Wildman–Crippen LogP) is 1.30. The van der Waals surface area contributed by atoms with Gasteiger partial charge in [-0.1, -0.05) is 0 Å². The van der Waals surface area contributed by atoms with Gasteiger partial charge in [-0.25, -0.2) is 4.98 Å². The lowest BCUT2D eigenvalue weighted by molar-refractivity contribution is 0.924. The minimum Gasteiger partial charge on any atom is -0.360 e. The highest BCUT2D eigenvalue weighted by Crippen LogP contribution is 2.13. The Bertz CT molecular complexity index is 283. The predicted molar refractivity (Wildman–Crippen MR) is 55.8 cm³/mol. The van der Waals surface area contributed by atoms with Crippen LogP contribution >= 0.6 is 0 Å². The van der Waals surface area contributed by atoms with Gasteiger partial charge in [-0.2, -0.15) is 0 Å². The van der Waals surface area contributed by atoms with E-state index in [1.165, 1.54) is 5.56 Å². The van der Waals surface area contributed by atoms with Gasteiger partial charge >= 0.3 is 0 Å². The largest absolute Gasteiger partial charge is 0.360 e. The van der Waals surface area contributed by atoms with Crippen LogP contribution in [0.15, 0.2) is 12.3 Å². The smallest absolute Gasteiger partial charge is 0.128 e. The molecule has 0 aliphatic rings. The van der Waals surface area contributed by atoms with Crippen LogP contribution in [0.1, 0.15) is 18.1 Å². The van der Waals surface area contributed by atoms with Gasteiger partial charge in [0.15, 0.2) is 0 Å². The van der Waals surface area contributed by atoms with Crippen molar-refractivity contribution in [3.63, 3.8) is 0 Å². The molecule has 3 heteroatoms. The van der Waals surface area contributed by atoms with Crippen molar-refractivity contribution in [2.24, 2.45) is 5.73 Å². The molecule has 0 spiro atoms. The van der Waals surface area contributed by atoms with Crippen LogP contribution in [-0.4, -0.2) is 18.6 Å². The van der Waals surface area contributed by atoms with E-state index in [4.69, 9.17) is 5.73 Å². The number of rotatable bonds is 3. The normalized spacial score (nSPS) is 10.2. The van der Waals surface area contributed by atoms with Crippen molar-refractivity contribution >= 4 is 5.82 Å². The minimum atomic E-state index is 0.564. The average molecular weight is 179 g/mol. The summed E-state index contributed by atoms with van der Waals surface area (Å²) in [6, 6.07) is 2.08. The second-order valence-electron chi connectivity index (χ2n) is 3.19. The van der Waals surface area contributed by atoms with Gasteiger partial charge in [-0.15, -0.1) is 0 Å². The first-order valence-corrected chi connectivity index (χ1v) is 4.55. The van der Waals surface area contributed by atoms with E-state index in [-0.39, 0.29) is 0 Å². The summed E-state index contributed by atoms with van der Waals surface area (Å²) in [5, 5.41) is 0. The van der Waals surface area contributed by atoms with Crippen molar-refractivity contribution < 1.29 is 0 Å². The molecule has 1 heterocycles. The third kappa shape index (κ3) is 2.18. The van der Waals surface area contributed by atoms with Crippen LogP contribution < -0.4 is 10.6 Å². The second-order valence-corrected chi connectivity index (χ2v) is 3.19. The maximum absolute atomic E-state index is 5.56. The molecule has 0 unspecified atom stereocenters. The molecule has 1 aromatic heterocycles. The zero-order chi connectivity index (χ0) is 9.84. The summed E-state index contributed by atoms with van der Waals surface area (Å²) in [7, 11) is 2.03. The highest BCUT2D eigenvalue weighted by atomic mass is 15.1. The Labute approximate surface area is 79.6 Å². The molecule has 0 aliphatic heterocycles. The van der Waals surface area contributed by atoms with Gasteiger partial charge in [-0.05, 0) is 31.0 Å². The molecule has 0 saturated carbocycles. The zero-order valence-corrected chi connectivity index (χ0v) is 8.54. The van der Waals surface area contributed by atoms with Crippen LogP contribution in [0.3, 0.4) is 0 Å². The summed E-state index contributed by atoms with van der Waals surface area (Å²) >= 11 is 0. The maximum atomic E-state index is 5.56. The van der Waals surface area contributed by atoms with E-state index in [0.717, 1.165) is 17.9 Å². The lowest BCUT2D eigenvalue weighted by atomic mass is 10.1. The Kier molecular flexibility index (Phi) is 3.25. The Morgan fingerprint density at radius 3 is 2.69 bits per heavy atom. The second kappa shape index (κ2) is 4.23. The molecule has 0 saturated heterocycles. The van der Waals surface area contributed by atoms with Gasteiger partial charge in [0.05, 0.1) is 0 Å². The summed E-state index contributed by atoms with van der Waals surface area (Å²) in [5.74, 6) is 1.01. The van der Waals surface area contributed by atoms with Gasteiger partial charge in [0.25, 0.3) is 0 Å². The standard InChI is InChI=1S/C10H17N3/c1-4-13(3)10-5-8(2)9(6-11)7-12-10/h5,7H,4,6,11H2,1-3H3. The van der Waals surface area contributed by atoms with Crippen molar-refractivity contribution in [3.8, 4) is 0 Å². The average Bonchev–Trinajstić information content (AvgIpc) is 2.16. The molecule has 72 valence electrons. The van der Waals surface area contributed by atoms with Crippen LogP contribution in [0, 0.1) is 6.92 Å². The van der Waals surface area contributed by atoms with Crippen molar-refractivity contribution in [2.45, 2.75) is 20.4 Å². The first-order chi connectivity index (χ1) is 6.19. The quantitative estimate of drug-likeness (QED) is 0.760. The molecule has 0 radical (unpaired) electrons. The van der Waals surface area contributed by atoms with E-state index >= 15 is 0 Å². The molecule has 2 N–H and O–H groups in total. The van der Waals surface area contributed by atoms with Gasteiger partial charge in [0.2, 0.25) is 0 Å². The number of nitrogens with zero attached hydrogens (tertiary/aromatic N) is 2. The van der Waals surface area contributed by atoms with Crippen LogP contribution in [-0.2, 0) is 6.54 Å². The highest BCUT2D eigenvalue weighted by Gasteiger charge is 2.02. The number of pyridine rings is 1. The molecular formula is C10H17N3. The topological polar surface area (TPSA) is 42.1 Å². The zero-order valence-electron chi connectivity index (χ0n) is 8.54. The van der Waals surface area contributed by atoms with E-state index in [1.807, 2.05) is 13.2 Å². The molecule has 0 amide bonds. The molecule has 0 atom stereocenters. The van der Waals surface area contributed by atoms with E-state index < -0.39 is 0 Å². The molecule has 1 aromatic rings. The molecule has 0 fully saturated rings. The van der Waals surface area contributed by atoms with Crippen LogP contribution in [0.2, 0.25) is 0 Å². The number of aryl methyl sites for hydroxylation is 1.